The first-order chi connectivity index (χ1) is 16.9. The van der Waals surface area contributed by atoms with Crippen LogP contribution >= 0.6 is 0 Å². The minimum absolute atomic E-state index is 0.0393. The number of carbonyl (C=O) groups is 1. The van der Waals surface area contributed by atoms with E-state index in [0.29, 0.717) is 35.5 Å². The van der Waals surface area contributed by atoms with E-state index < -0.39 is 9.84 Å². The van der Waals surface area contributed by atoms with E-state index in [9.17, 15) is 13.2 Å². The van der Waals surface area contributed by atoms with Crippen molar-refractivity contribution in [2.24, 2.45) is 0 Å². The molecule has 4 rings (SSSR count). The van der Waals surface area contributed by atoms with Crippen LogP contribution in [0.15, 0.2) is 82.8 Å². The number of ether oxygens (including phenoxy) is 2. The fourth-order valence-electron chi connectivity index (χ4n) is 3.79. The third-order valence-electron chi connectivity index (χ3n) is 5.70. The maximum absolute atomic E-state index is 13.5. The molecule has 0 aliphatic heterocycles. The number of fused-ring (bicyclic) bond motifs is 1. The molecule has 0 N–H and O–H groups in total. The van der Waals surface area contributed by atoms with Gasteiger partial charge >= 0.3 is 5.97 Å². The highest BCUT2D eigenvalue weighted by Gasteiger charge is 2.27. The fourth-order valence-corrected chi connectivity index (χ4v) is 5.18. The largest absolute Gasteiger partial charge is 0.494 e. The number of esters is 1. The first kappa shape index (κ1) is 24.5. The number of hydrogen-bond acceptors (Lipinski definition) is 6. The lowest BCUT2D eigenvalue weighted by atomic mass is 10.2. The minimum atomic E-state index is -3.87. The normalized spacial score (nSPS) is 11.5. The lowest BCUT2D eigenvalue weighted by Gasteiger charge is -2.11. The van der Waals surface area contributed by atoms with Gasteiger partial charge in [-0.15, -0.1) is 0 Å². The molecule has 0 saturated carbocycles. The molecule has 1 heterocycles. The van der Waals surface area contributed by atoms with Gasteiger partial charge in [-0.3, -0.25) is 9.36 Å². The lowest BCUT2D eigenvalue weighted by molar-refractivity contribution is -0.140. The van der Waals surface area contributed by atoms with Crippen LogP contribution in [0.5, 0.6) is 5.75 Å². The molecule has 35 heavy (non-hydrogen) atoms. The molecule has 0 spiro atoms. The zero-order chi connectivity index (χ0) is 24.8. The van der Waals surface area contributed by atoms with E-state index in [0.717, 1.165) is 24.8 Å². The molecule has 0 aliphatic rings. The van der Waals surface area contributed by atoms with Gasteiger partial charge in [-0.2, -0.15) is 0 Å². The van der Waals surface area contributed by atoms with Gasteiger partial charge in [0.2, 0.25) is 15.0 Å². The SMILES string of the molecule is COC(=O)CCCCCOc1ccc2nc(S(=O)(=O)c3ccccc3)n(-c3ccc(C)cc3)c2c1. The molecule has 4 aromatic rings. The Hall–Kier alpha value is -3.65. The summed E-state index contributed by atoms with van der Waals surface area (Å²) in [5, 5.41) is -0.0393. The molecule has 0 fully saturated rings. The molecule has 3 aromatic carbocycles. The molecular weight excluding hydrogens is 464 g/mol. The Morgan fingerprint density at radius 1 is 0.943 bits per heavy atom. The summed E-state index contributed by atoms with van der Waals surface area (Å²) in [6.45, 7) is 2.47. The Bertz CT molecular complexity index is 1410. The van der Waals surface area contributed by atoms with Gasteiger partial charge in [-0.1, -0.05) is 35.9 Å². The molecule has 0 saturated heterocycles. The van der Waals surface area contributed by atoms with Gasteiger partial charge in [0.25, 0.3) is 0 Å². The summed E-state index contributed by atoms with van der Waals surface area (Å²) in [6.07, 6.45) is 2.78. The summed E-state index contributed by atoms with van der Waals surface area (Å²) >= 11 is 0. The topological polar surface area (TPSA) is 87.5 Å². The number of methoxy groups -OCH3 is 1. The van der Waals surface area contributed by atoms with Crippen LogP contribution in [0.4, 0.5) is 0 Å². The van der Waals surface area contributed by atoms with Gasteiger partial charge in [0.15, 0.2) is 0 Å². The number of imidazole rings is 1. The average Bonchev–Trinajstić information content (AvgIpc) is 3.26. The predicted molar refractivity (Wildman–Crippen MR) is 134 cm³/mol. The maximum Gasteiger partial charge on any atom is 0.305 e. The van der Waals surface area contributed by atoms with Crippen molar-refractivity contribution in [3.8, 4) is 11.4 Å². The first-order valence-electron chi connectivity index (χ1n) is 11.5. The Balaban J connectivity index is 1.66. The minimum Gasteiger partial charge on any atom is -0.494 e. The van der Waals surface area contributed by atoms with Crippen molar-refractivity contribution in [1.82, 2.24) is 9.55 Å². The molecule has 182 valence electrons. The number of benzene rings is 3. The lowest BCUT2D eigenvalue weighted by Crippen LogP contribution is -2.10. The monoisotopic (exact) mass is 492 g/mol. The van der Waals surface area contributed by atoms with Gasteiger partial charge in [0.1, 0.15) is 5.75 Å². The maximum atomic E-state index is 13.5. The van der Waals surface area contributed by atoms with E-state index in [1.54, 1.807) is 47.0 Å². The second-order valence-corrected chi connectivity index (χ2v) is 10.1. The molecule has 0 amide bonds. The highest BCUT2D eigenvalue weighted by Crippen LogP contribution is 2.31. The van der Waals surface area contributed by atoms with Crippen molar-refractivity contribution in [2.45, 2.75) is 42.7 Å². The van der Waals surface area contributed by atoms with Crippen LogP contribution in [-0.2, 0) is 19.4 Å². The van der Waals surface area contributed by atoms with Crippen molar-refractivity contribution < 1.29 is 22.7 Å². The van der Waals surface area contributed by atoms with Crippen LogP contribution in [0.3, 0.4) is 0 Å². The number of rotatable bonds is 10. The van der Waals surface area contributed by atoms with Gasteiger partial charge < -0.3 is 9.47 Å². The third kappa shape index (κ3) is 5.54. The highest BCUT2D eigenvalue weighted by molar-refractivity contribution is 7.91. The number of unbranched alkanes of at least 4 members (excludes halogenated alkanes) is 2. The zero-order valence-electron chi connectivity index (χ0n) is 19.8. The number of nitrogens with zero attached hydrogens (tertiary/aromatic N) is 2. The smallest absolute Gasteiger partial charge is 0.305 e. The summed E-state index contributed by atoms with van der Waals surface area (Å²) in [5.41, 5.74) is 2.98. The number of aryl methyl sites for hydroxylation is 1. The summed E-state index contributed by atoms with van der Waals surface area (Å²) in [6, 6.07) is 21.4. The number of carbonyl (C=O) groups excluding carboxylic acids is 1. The van der Waals surface area contributed by atoms with Crippen LogP contribution in [0.2, 0.25) is 0 Å². The van der Waals surface area contributed by atoms with Crippen molar-refractivity contribution in [1.29, 1.82) is 0 Å². The van der Waals surface area contributed by atoms with Gasteiger partial charge in [0, 0.05) is 18.2 Å². The van der Waals surface area contributed by atoms with Crippen LogP contribution in [0, 0.1) is 6.92 Å². The van der Waals surface area contributed by atoms with Crippen molar-refractivity contribution in [3.05, 3.63) is 78.4 Å². The fraction of sp³-hybridized carbons (Fsp3) is 0.259. The Morgan fingerprint density at radius 2 is 1.69 bits per heavy atom. The summed E-state index contributed by atoms with van der Waals surface area (Å²) in [5.74, 6) is 0.421. The van der Waals surface area contributed by atoms with E-state index in [1.165, 1.54) is 7.11 Å². The van der Waals surface area contributed by atoms with Crippen LogP contribution in [0.1, 0.15) is 31.2 Å². The van der Waals surface area contributed by atoms with Gasteiger partial charge in [-0.05, 0) is 62.6 Å². The second-order valence-electron chi connectivity index (χ2n) is 8.27. The molecule has 7 nitrogen and oxygen atoms in total. The second kappa shape index (κ2) is 10.7. The number of aromatic nitrogens is 2. The number of hydrogen-bond donors (Lipinski definition) is 0. The Morgan fingerprint density at radius 3 is 2.40 bits per heavy atom. The Kier molecular flexibility index (Phi) is 7.51. The van der Waals surface area contributed by atoms with Gasteiger partial charge in [0.05, 0.1) is 29.6 Å². The van der Waals surface area contributed by atoms with E-state index in [4.69, 9.17) is 4.74 Å². The molecule has 1 aromatic heterocycles. The Labute approximate surface area is 205 Å². The molecule has 0 aliphatic carbocycles. The van der Waals surface area contributed by atoms with Crippen LogP contribution in [-0.4, -0.2) is 37.7 Å². The zero-order valence-corrected chi connectivity index (χ0v) is 20.6. The number of sulfone groups is 1. The van der Waals surface area contributed by atoms with Crippen molar-refractivity contribution in [3.63, 3.8) is 0 Å². The summed E-state index contributed by atoms with van der Waals surface area (Å²) in [4.78, 5) is 15.9. The van der Waals surface area contributed by atoms with E-state index >= 15 is 0 Å². The summed E-state index contributed by atoms with van der Waals surface area (Å²) in [7, 11) is -2.48. The molecule has 0 unspecified atom stereocenters. The highest BCUT2D eigenvalue weighted by atomic mass is 32.2. The molecule has 0 atom stereocenters. The molecule has 8 heteroatoms. The van der Waals surface area contributed by atoms with Crippen LogP contribution < -0.4 is 4.74 Å². The van der Waals surface area contributed by atoms with Crippen molar-refractivity contribution >= 4 is 26.8 Å². The third-order valence-corrected chi connectivity index (χ3v) is 7.35. The van der Waals surface area contributed by atoms with Crippen molar-refractivity contribution in [2.75, 3.05) is 13.7 Å². The van der Waals surface area contributed by atoms with E-state index in [2.05, 4.69) is 9.72 Å². The van der Waals surface area contributed by atoms with E-state index in [-0.39, 0.29) is 16.0 Å². The van der Waals surface area contributed by atoms with E-state index in [1.807, 2.05) is 37.3 Å². The predicted octanol–water partition coefficient (Wildman–Crippen LogP) is 5.28. The van der Waals surface area contributed by atoms with Crippen LogP contribution in [0.25, 0.3) is 16.7 Å². The summed E-state index contributed by atoms with van der Waals surface area (Å²) < 4.78 is 39.3. The average molecular weight is 493 g/mol. The quantitative estimate of drug-likeness (QED) is 0.221. The molecular formula is C27H28N2O5S. The molecule has 0 bridgehead atoms. The molecule has 0 radical (unpaired) electrons. The first-order valence-corrected chi connectivity index (χ1v) is 13.0. The van der Waals surface area contributed by atoms with Gasteiger partial charge in [-0.25, -0.2) is 13.4 Å². The standard InChI is InChI=1S/C27H28N2O5S/c1-20-12-14-21(15-13-20)29-25-19-22(34-18-8-4-7-11-26(30)33-2)16-17-24(25)28-27(29)35(31,32)23-9-5-3-6-10-23/h3,5-6,9-10,12-17,19H,4,7-8,11,18H2,1-2H3.